The second-order valence-electron chi connectivity index (χ2n) is 8.75. The molecule has 0 spiro atoms. The van der Waals surface area contributed by atoms with Crippen molar-refractivity contribution in [1.82, 2.24) is 4.31 Å². The van der Waals surface area contributed by atoms with Gasteiger partial charge in [0.05, 0.1) is 18.0 Å². The minimum atomic E-state index is -3.93. The minimum Gasteiger partial charge on any atom is -0.480 e. The van der Waals surface area contributed by atoms with Gasteiger partial charge in [0.1, 0.15) is 17.6 Å². The Morgan fingerprint density at radius 1 is 1.11 bits per heavy atom. The van der Waals surface area contributed by atoms with E-state index in [1.807, 2.05) is 31.2 Å². The van der Waals surface area contributed by atoms with Crippen LogP contribution < -0.4 is 10.5 Å². The van der Waals surface area contributed by atoms with Gasteiger partial charge in [-0.2, -0.15) is 4.31 Å². The fraction of sp³-hybridized carbons (Fsp3) is 0.231. The molecule has 0 aliphatic carbocycles. The molecule has 194 valence electrons. The Morgan fingerprint density at radius 3 is 2.49 bits per heavy atom. The van der Waals surface area contributed by atoms with Gasteiger partial charge < -0.3 is 10.5 Å². The Kier molecular flexibility index (Phi) is 7.58. The summed E-state index contributed by atoms with van der Waals surface area (Å²) in [6.45, 7) is 1.90. The molecule has 1 aliphatic rings. The number of sulfonamides is 1. The summed E-state index contributed by atoms with van der Waals surface area (Å²) in [6.07, 6.45) is -0.0413. The van der Waals surface area contributed by atoms with E-state index in [-0.39, 0.29) is 30.9 Å². The fourth-order valence-electron chi connectivity index (χ4n) is 4.06. The van der Waals surface area contributed by atoms with Crippen LogP contribution in [0.25, 0.3) is 0 Å². The van der Waals surface area contributed by atoms with Crippen molar-refractivity contribution in [2.75, 3.05) is 13.1 Å². The molecule has 2 N–H and O–H groups in total. The average molecular weight is 529 g/mol. The van der Waals surface area contributed by atoms with Crippen molar-refractivity contribution in [2.45, 2.75) is 29.9 Å². The normalized spacial score (nSPS) is 15.8. The lowest BCUT2D eigenvalue weighted by molar-refractivity contribution is -0.249. The van der Waals surface area contributed by atoms with Crippen LogP contribution >= 0.6 is 0 Å². The SMILES string of the molecule is Cc1ccc(C2(Oc3cccc(F)c3)CN(S(=O)(=O)c3cccc(C[C@H](N)C(=O)OOC=O)c3)C2)cc1. The topological polar surface area (TPSA) is 125 Å². The quantitative estimate of drug-likeness (QED) is 0.242. The molecular weight excluding hydrogens is 503 g/mol. The number of carbonyl (C=O) groups is 2. The highest BCUT2D eigenvalue weighted by molar-refractivity contribution is 7.89. The first-order chi connectivity index (χ1) is 17.6. The standard InChI is InChI=1S/C26H25FN2O7S/c1-18-8-10-20(11-9-18)26(35-22-6-3-5-21(27)14-22)15-29(16-26)37(32,33)23-7-2-4-19(12-23)13-24(28)25(31)36-34-17-30/h2-12,14,17,24H,13,15-16,28H2,1H3/t24-/m0/s1. The second kappa shape index (κ2) is 10.7. The number of hydrogen-bond donors (Lipinski definition) is 1. The summed E-state index contributed by atoms with van der Waals surface area (Å²) < 4.78 is 48.1. The van der Waals surface area contributed by atoms with Gasteiger partial charge in [-0.25, -0.2) is 22.5 Å². The lowest BCUT2D eigenvalue weighted by Crippen LogP contribution is -2.64. The maximum absolute atomic E-state index is 13.8. The van der Waals surface area contributed by atoms with E-state index in [0.717, 1.165) is 11.1 Å². The minimum absolute atomic E-state index is 0.00795. The third-order valence-electron chi connectivity index (χ3n) is 6.01. The van der Waals surface area contributed by atoms with E-state index in [9.17, 15) is 22.4 Å². The van der Waals surface area contributed by atoms with E-state index < -0.39 is 33.5 Å². The van der Waals surface area contributed by atoms with Gasteiger partial charge in [-0.1, -0.05) is 48.0 Å². The zero-order valence-electron chi connectivity index (χ0n) is 19.9. The van der Waals surface area contributed by atoms with Crippen molar-refractivity contribution < 1.29 is 36.9 Å². The van der Waals surface area contributed by atoms with Gasteiger partial charge in [0.25, 0.3) is 0 Å². The Morgan fingerprint density at radius 2 is 1.81 bits per heavy atom. The molecule has 9 nitrogen and oxygen atoms in total. The van der Waals surface area contributed by atoms with E-state index in [0.29, 0.717) is 11.3 Å². The van der Waals surface area contributed by atoms with Gasteiger partial charge in [-0.3, -0.25) is 9.68 Å². The van der Waals surface area contributed by atoms with Crippen LogP contribution in [-0.2, 0) is 41.4 Å². The van der Waals surface area contributed by atoms with Gasteiger partial charge in [-0.15, -0.1) is 0 Å². The number of carbonyl (C=O) groups excluding carboxylic acids is 2. The molecule has 1 aliphatic heterocycles. The highest BCUT2D eigenvalue weighted by Gasteiger charge is 2.52. The molecule has 11 heteroatoms. The van der Waals surface area contributed by atoms with Crippen LogP contribution in [0.4, 0.5) is 4.39 Å². The molecule has 0 unspecified atom stereocenters. The number of nitrogens with zero attached hydrogens (tertiary/aromatic N) is 1. The smallest absolute Gasteiger partial charge is 0.372 e. The molecule has 0 amide bonds. The van der Waals surface area contributed by atoms with Crippen molar-refractivity contribution in [3.05, 3.63) is 95.3 Å². The summed E-state index contributed by atoms with van der Waals surface area (Å²) in [7, 11) is -3.93. The van der Waals surface area contributed by atoms with Crippen LogP contribution in [0, 0.1) is 12.7 Å². The molecule has 4 rings (SSSR count). The van der Waals surface area contributed by atoms with E-state index in [1.54, 1.807) is 18.2 Å². The first kappa shape index (κ1) is 26.3. The molecule has 1 fully saturated rings. The van der Waals surface area contributed by atoms with Crippen LogP contribution in [0.15, 0.2) is 77.7 Å². The molecule has 0 aromatic heterocycles. The summed E-state index contributed by atoms with van der Waals surface area (Å²) >= 11 is 0. The number of halogens is 1. The predicted molar refractivity (Wildman–Crippen MR) is 130 cm³/mol. The Labute approximate surface area is 213 Å². The third kappa shape index (κ3) is 5.79. The van der Waals surface area contributed by atoms with Crippen LogP contribution in [0.2, 0.25) is 0 Å². The van der Waals surface area contributed by atoms with Crippen molar-refractivity contribution in [3.8, 4) is 5.75 Å². The summed E-state index contributed by atoms with van der Waals surface area (Å²) in [5, 5.41) is 0. The lowest BCUT2D eigenvalue weighted by atomic mass is 9.87. The highest BCUT2D eigenvalue weighted by Crippen LogP contribution is 2.40. The second-order valence-corrected chi connectivity index (χ2v) is 10.7. The van der Waals surface area contributed by atoms with E-state index in [4.69, 9.17) is 10.5 Å². The zero-order chi connectivity index (χ0) is 26.6. The number of rotatable bonds is 10. The van der Waals surface area contributed by atoms with E-state index in [1.165, 1.54) is 34.6 Å². The Bertz CT molecular complexity index is 1390. The van der Waals surface area contributed by atoms with Crippen molar-refractivity contribution in [1.29, 1.82) is 0 Å². The van der Waals surface area contributed by atoms with E-state index >= 15 is 0 Å². The summed E-state index contributed by atoms with van der Waals surface area (Å²) in [6, 6.07) is 18.1. The summed E-state index contributed by atoms with van der Waals surface area (Å²) in [4.78, 5) is 30.1. The Hall–Kier alpha value is -3.80. The fourth-order valence-corrected chi connectivity index (χ4v) is 5.67. The number of ether oxygens (including phenoxy) is 1. The molecule has 3 aromatic rings. The maximum atomic E-state index is 13.8. The lowest BCUT2D eigenvalue weighted by Gasteiger charge is -2.49. The van der Waals surface area contributed by atoms with Crippen LogP contribution in [-0.4, -0.2) is 44.3 Å². The molecule has 1 saturated heterocycles. The van der Waals surface area contributed by atoms with Crippen molar-refractivity contribution in [3.63, 3.8) is 0 Å². The largest absolute Gasteiger partial charge is 0.480 e. The van der Waals surface area contributed by atoms with E-state index in [2.05, 4.69) is 9.78 Å². The average Bonchev–Trinajstić information content (AvgIpc) is 2.85. The molecule has 1 atom stereocenters. The molecule has 0 saturated carbocycles. The number of aryl methyl sites for hydroxylation is 1. The molecule has 0 bridgehead atoms. The predicted octanol–water partition coefficient (Wildman–Crippen LogP) is 2.61. The molecular formula is C26H25FN2O7S. The first-order valence-electron chi connectivity index (χ1n) is 11.3. The molecule has 0 radical (unpaired) electrons. The van der Waals surface area contributed by atoms with Gasteiger partial charge in [-0.05, 0) is 48.7 Å². The van der Waals surface area contributed by atoms with Crippen LogP contribution in [0.5, 0.6) is 5.75 Å². The molecule has 37 heavy (non-hydrogen) atoms. The summed E-state index contributed by atoms with van der Waals surface area (Å²) in [5.41, 5.74) is 7.04. The van der Waals surface area contributed by atoms with Crippen LogP contribution in [0.1, 0.15) is 16.7 Å². The zero-order valence-corrected chi connectivity index (χ0v) is 20.7. The van der Waals surface area contributed by atoms with Crippen molar-refractivity contribution >= 4 is 22.5 Å². The summed E-state index contributed by atoms with van der Waals surface area (Å²) in [5.74, 6) is -1.14. The highest BCUT2D eigenvalue weighted by atomic mass is 32.2. The number of hydrogen-bond acceptors (Lipinski definition) is 8. The Balaban J connectivity index is 1.55. The first-order valence-corrected chi connectivity index (χ1v) is 12.7. The monoisotopic (exact) mass is 528 g/mol. The van der Waals surface area contributed by atoms with Crippen LogP contribution in [0.3, 0.4) is 0 Å². The van der Waals surface area contributed by atoms with Crippen molar-refractivity contribution in [2.24, 2.45) is 5.73 Å². The van der Waals surface area contributed by atoms with Gasteiger partial charge in [0.2, 0.25) is 10.0 Å². The van der Waals surface area contributed by atoms with Gasteiger partial charge in [0, 0.05) is 6.07 Å². The number of benzene rings is 3. The van der Waals surface area contributed by atoms with Gasteiger partial charge >= 0.3 is 12.4 Å². The third-order valence-corrected chi connectivity index (χ3v) is 7.80. The molecule has 1 heterocycles. The van der Waals surface area contributed by atoms with Gasteiger partial charge in [0.15, 0.2) is 5.60 Å². The maximum Gasteiger partial charge on any atom is 0.372 e. The molecule has 3 aromatic carbocycles. The number of nitrogens with two attached hydrogens (primary N) is 1.